The molecule has 0 aliphatic carbocycles. The Kier molecular flexibility index (Phi) is 1.33. The fourth-order valence-corrected chi connectivity index (χ4v) is 1.08. The van der Waals surface area contributed by atoms with Gasteiger partial charge in [-0.05, 0) is 12.1 Å². The Labute approximate surface area is 68.1 Å². The van der Waals surface area contributed by atoms with Gasteiger partial charge < -0.3 is 9.90 Å². The molecule has 0 saturated heterocycles. The van der Waals surface area contributed by atoms with Crippen LogP contribution in [-0.4, -0.2) is 15.4 Å². The smallest absolute Gasteiger partial charge is 0.137 e. The molecule has 60 valence electrons. The molecular weight excluding hydrogens is 156 g/mol. The van der Waals surface area contributed by atoms with Crippen LogP contribution < -0.4 is 5.11 Å². The molecule has 0 aromatic carbocycles. The van der Waals surface area contributed by atoms with E-state index in [-0.39, 0.29) is 5.69 Å². The topological polar surface area (TPSA) is 57.4 Å². The largest absolute Gasteiger partial charge is 0.543 e. The molecule has 0 saturated carbocycles. The molecule has 0 bridgehead atoms. The van der Waals surface area contributed by atoms with Gasteiger partial charge in [-0.2, -0.15) is 0 Å². The molecule has 0 aliphatic heterocycles. The maximum atomic E-state index is 10.5. The van der Waals surface area contributed by atoms with Crippen LogP contribution in [-0.2, 0) is 0 Å². The van der Waals surface area contributed by atoms with Crippen molar-refractivity contribution in [2.75, 3.05) is 0 Å². The van der Waals surface area contributed by atoms with Crippen LogP contribution >= 0.6 is 0 Å². The van der Waals surface area contributed by atoms with Crippen molar-refractivity contribution < 1.29 is 9.90 Å². The van der Waals surface area contributed by atoms with E-state index in [4.69, 9.17) is 0 Å². The summed E-state index contributed by atoms with van der Waals surface area (Å²) >= 11 is 0. The zero-order chi connectivity index (χ0) is 8.55. The molecular formula is C8H5N2O2-. The number of carboxylic acids is 1. The van der Waals surface area contributed by atoms with E-state index >= 15 is 0 Å². The van der Waals surface area contributed by atoms with Crippen molar-refractivity contribution in [2.24, 2.45) is 0 Å². The van der Waals surface area contributed by atoms with E-state index in [2.05, 4.69) is 4.98 Å². The minimum absolute atomic E-state index is 0.0746. The number of imidazole rings is 1. The SMILES string of the molecule is O=C([O-])c1cnc2ccccn12. The van der Waals surface area contributed by atoms with Gasteiger partial charge >= 0.3 is 0 Å². The molecule has 0 atom stereocenters. The van der Waals surface area contributed by atoms with Gasteiger partial charge in [0.05, 0.1) is 17.9 Å². The summed E-state index contributed by atoms with van der Waals surface area (Å²) in [6.45, 7) is 0. The van der Waals surface area contributed by atoms with Gasteiger partial charge in [-0.3, -0.25) is 4.40 Å². The van der Waals surface area contributed by atoms with E-state index in [1.807, 2.05) is 0 Å². The van der Waals surface area contributed by atoms with Crippen LogP contribution in [0.1, 0.15) is 10.5 Å². The average Bonchev–Trinajstić information content (AvgIpc) is 2.47. The van der Waals surface area contributed by atoms with Crippen LogP contribution in [0.4, 0.5) is 0 Å². The lowest BCUT2D eigenvalue weighted by Gasteiger charge is -1.99. The minimum Gasteiger partial charge on any atom is -0.543 e. The number of fused-ring (bicyclic) bond motifs is 1. The molecule has 4 heteroatoms. The number of carbonyl (C=O) groups is 1. The number of aromatic carboxylic acids is 1. The fourth-order valence-electron chi connectivity index (χ4n) is 1.08. The second-order valence-corrected chi connectivity index (χ2v) is 2.36. The maximum absolute atomic E-state index is 10.5. The van der Waals surface area contributed by atoms with Gasteiger partial charge in [0.1, 0.15) is 5.65 Å². The first-order chi connectivity index (χ1) is 5.79. The number of rotatable bonds is 1. The molecule has 0 unspecified atom stereocenters. The molecule has 0 fully saturated rings. The fraction of sp³-hybridized carbons (Fsp3) is 0. The number of carboxylic acid groups (broad SMARTS) is 1. The van der Waals surface area contributed by atoms with Gasteiger partial charge in [0.15, 0.2) is 0 Å². The van der Waals surface area contributed by atoms with Gasteiger partial charge in [-0.25, -0.2) is 4.98 Å². The Hall–Kier alpha value is -1.84. The predicted molar refractivity (Wildman–Crippen MR) is 39.5 cm³/mol. The van der Waals surface area contributed by atoms with Crippen molar-refractivity contribution in [2.45, 2.75) is 0 Å². The van der Waals surface area contributed by atoms with Gasteiger partial charge in [-0.1, -0.05) is 6.07 Å². The Morgan fingerprint density at radius 3 is 3.08 bits per heavy atom. The second kappa shape index (κ2) is 2.34. The van der Waals surface area contributed by atoms with Crippen molar-refractivity contribution in [1.82, 2.24) is 9.38 Å². The average molecular weight is 161 g/mol. The number of aromatic nitrogens is 2. The van der Waals surface area contributed by atoms with Crippen LogP contribution in [0.2, 0.25) is 0 Å². The lowest BCUT2D eigenvalue weighted by molar-refractivity contribution is -0.255. The highest BCUT2D eigenvalue weighted by atomic mass is 16.4. The first kappa shape index (κ1) is 6.84. The molecule has 0 aliphatic rings. The number of carbonyl (C=O) groups excluding carboxylic acids is 1. The highest BCUT2D eigenvalue weighted by Gasteiger charge is 2.00. The van der Waals surface area contributed by atoms with Crippen molar-refractivity contribution in [3.63, 3.8) is 0 Å². The first-order valence-electron chi connectivity index (χ1n) is 3.42. The molecule has 2 heterocycles. The summed E-state index contributed by atoms with van der Waals surface area (Å²) in [5.41, 5.74) is 0.683. The van der Waals surface area contributed by atoms with Gasteiger partial charge in [0.25, 0.3) is 0 Å². The van der Waals surface area contributed by atoms with E-state index in [0.717, 1.165) is 0 Å². The summed E-state index contributed by atoms with van der Waals surface area (Å²) in [7, 11) is 0. The molecule has 12 heavy (non-hydrogen) atoms. The van der Waals surface area contributed by atoms with Crippen molar-refractivity contribution >= 4 is 11.6 Å². The third kappa shape index (κ3) is 0.852. The van der Waals surface area contributed by atoms with Gasteiger partial charge in [0, 0.05) is 6.20 Å². The van der Waals surface area contributed by atoms with Crippen molar-refractivity contribution in [1.29, 1.82) is 0 Å². The number of hydrogen-bond acceptors (Lipinski definition) is 3. The van der Waals surface area contributed by atoms with E-state index in [0.29, 0.717) is 5.65 Å². The number of pyridine rings is 1. The maximum Gasteiger partial charge on any atom is 0.137 e. The summed E-state index contributed by atoms with van der Waals surface area (Å²) in [6, 6.07) is 5.26. The second-order valence-electron chi connectivity index (χ2n) is 2.36. The lowest BCUT2D eigenvalue weighted by atomic mass is 10.4. The Balaban J connectivity index is 2.79. The lowest BCUT2D eigenvalue weighted by Crippen LogP contribution is -2.23. The van der Waals surface area contributed by atoms with Crippen LogP contribution in [0, 0.1) is 0 Å². The van der Waals surface area contributed by atoms with E-state index in [1.54, 1.807) is 24.4 Å². The molecule has 2 rings (SSSR count). The molecule has 0 amide bonds. The predicted octanol–water partition coefficient (Wildman–Crippen LogP) is -0.302. The summed E-state index contributed by atoms with van der Waals surface area (Å²) in [5.74, 6) is -1.21. The van der Waals surface area contributed by atoms with E-state index in [9.17, 15) is 9.90 Å². The van der Waals surface area contributed by atoms with E-state index in [1.165, 1.54) is 10.6 Å². The Morgan fingerprint density at radius 2 is 2.33 bits per heavy atom. The van der Waals surface area contributed by atoms with Gasteiger partial charge in [-0.15, -0.1) is 0 Å². The molecule has 2 aromatic rings. The number of hydrogen-bond donors (Lipinski definition) is 0. The normalized spacial score (nSPS) is 10.3. The summed E-state index contributed by atoms with van der Waals surface area (Å²) in [6.07, 6.45) is 2.91. The minimum atomic E-state index is -1.21. The summed E-state index contributed by atoms with van der Waals surface area (Å²) < 4.78 is 1.47. The summed E-state index contributed by atoms with van der Waals surface area (Å²) in [5, 5.41) is 10.5. The zero-order valence-corrected chi connectivity index (χ0v) is 6.10. The Morgan fingerprint density at radius 1 is 1.50 bits per heavy atom. The molecule has 0 spiro atoms. The van der Waals surface area contributed by atoms with E-state index < -0.39 is 5.97 Å². The number of nitrogens with zero attached hydrogens (tertiary/aromatic N) is 2. The molecule has 4 nitrogen and oxygen atoms in total. The monoisotopic (exact) mass is 161 g/mol. The standard InChI is InChI=1S/C8H6N2O2/c11-8(12)6-5-9-7-3-1-2-4-10(6)7/h1-5H,(H,11,12)/p-1. The third-order valence-electron chi connectivity index (χ3n) is 1.63. The first-order valence-corrected chi connectivity index (χ1v) is 3.42. The van der Waals surface area contributed by atoms with Crippen molar-refractivity contribution in [3.8, 4) is 0 Å². The summed E-state index contributed by atoms with van der Waals surface area (Å²) in [4.78, 5) is 14.4. The molecule has 2 aromatic heterocycles. The van der Waals surface area contributed by atoms with Gasteiger partial charge in [0.2, 0.25) is 0 Å². The van der Waals surface area contributed by atoms with Crippen LogP contribution in [0.25, 0.3) is 5.65 Å². The molecule has 0 N–H and O–H groups in total. The van der Waals surface area contributed by atoms with Crippen molar-refractivity contribution in [3.05, 3.63) is 36.3 Å². The third-order valence-corrected chi connectivity index (χ3v) is 1.63. The van der Waals surface area contributed by atoms with Crippen LogP contribution in [0.5, 0.6) is 0 Å². The molecule has 0 radical (unpaired) electrons. The van der Waals surface area contributed by atoms with Crippen LogP contribution in [0.3, 0.4) is 0 Å². The van der Waals surface area contributed by atoms with Crippen LogP contribution in [0.15, 0.2) is 30.6 Å². The quantitative estimate of drug-likeness (QED) is 0.576. The zero-order valence-electron chi connectivity index (χ0n) is 6.10. The highest BCUT2D eigenvalue weighted by molar-refractivity contribution is 5.84. The highest BCUT2D eigenvalue weighted by Crippen LogP contribution is 2.04. The Bertz CT molecular complexity index is 433.